The Morgan fingerprint density at radius 2 is 2.23 bits per heavy atom. The van der Waals surface area contributed by atoms with Crippen LogP contribution in [-0.2, 0) is 16.1 Å². The van der Waals surface area contributed by atoms with E-state index in [0.717, 1.165) is 23.3 Å². The third-order valence-corrected chi connectivity index (χ3v) is 3.48. The van der Waals surface area contributed by atoms with Gasteiger partial charge in [-0.3, -0.25) is 0 Å². The van der Waals surface area contributed by atoms with Gasteiger partial charge in [0.15, 0.2) is 0 Å². The van der Waals surface area contributed by atoms with E-state index in [1.54, 1.807) is 6.20 Å². The summed E-state index contributed by atoms with van der Waals surface area (Å²) >= 11 is 0. The highest BCUT2D eigenvalue weighted by Crippen LogP contribution is 2.32. The Hall–Kier alpha value is -2.28. The monoisotopic (exact) mass is 296 g/mol. The zero-order chi connectivity index (χ0) is 15.7. The lowest BCUT2D eigenvalue weighted by molar-refractivity contribution is -0.147. The average Bonchev–Trinajstić information content (AvgIpc) is 3.17. The number of hydrogen-bond donors (Lipinski definition) is 0. The summed E-state index contributed by atoms with van der Waals surface area (Å²) in [4.78, 5) is 16.2. The Balaban J connectivity index is 1.91. The van der Waals surface area contributed by atoms with Gasteiger partial charge in [0.05, 0.1) is 5.69 Å². The number of esters is 1. The molecule has 22 heavy (non-hydrogen) atoms. The maximum Gasteiger partial charge on any atom is 0.385 e. The van der Waals surface area contributed by atoms with Gasteiger partial charge < -0.3 is 9.30 Å². The predicted octanol–water partition coefficient (Wildman–Crippen LogP) is 3.14. The molecular weight excluding hydrogens is 276 g/mol. The summed E-state index contributed by atoms with van der Waals surface area (Å²) in [6, 6.07) is 5.92. The minimum atomic E-state index is -0.520. The summed E-state index contributed by atoms with van der Waals surface area (Å²) in [6.45, 7) is 6.42. The van der Waals surface area contributed by atoms with E-state index in [-0.39, 0.29) is 0 Å². The second-order valence-corrected chi connectivity index (χ2v) is 6.75. The summed E-state index contributed by atoms with van der Waals surface area (Å²) in [5.74, 6) is 5.76. The molecule has 0 aliphatic heterocycles. The Morgan fingerprint density at radius 1 is 1.45 bits per heavy atom. The fourth-order valence-corrected chi connectivity index (χ4v) is 2.35. The van der Waals surface area contributed by atoms with Crippen molar-refractivity contribution in [2.75, 3.05) is 0 Å². The first-order valence-corrected chi connectivity index (χ1v) is 7.62. The molecule has 0 atom stereocenters. The molecule has 2 aromatic heterocycles. The fraction of sp³-hybridized carbons (Fsp3) is 0.444. The molecule has 0 aromatic carbocycles. The van der Waals surface area contributed by atoms with E-state index >= 15 is 0 Å². The molecule has 3 rings (SSSR count). The molecule has 0 radical (unpaired) electrons. The number of nitrogens with zero attached hydrogens (tertiary/aromatic N) is 2. The standard InChI is InChI=1S/C18H20N2O2/c1-18(2,3)22-16(21)9-8-15-11-14-5-4-10-19-17(14)20(15)12-13-6-7-13/h4-5,10-11,13H,6-7,12H2,1-3H3. The molecule has 0 amide bonds. The number of rotatable bonds is 2. The second kappa shape index (κ2) is 5.49. The largest absolute Gasteiger partial charge is 0.450 e. The first kappa shape index (κ1) is 14.6. The first-order valence-electron chi connectivity index (χ1n) is 7.62. The summed E-state index contributed by atoms with van der Waals surface area (Å²) in [7, 11) is 0. The summed E-state index contributed by atoms with van der Waals surface area (Å²) in [5, 5.41) is 1.05. The smallest absolute Gasteiger partial charge is 0.385 e. The van der Waals surface area contributed by atoms with Gasteiger partial charge in [0.1, 0.15) is 11.2 Å². The third-order valence-electron chi connectivity index (χ3n) is 3.48. The lowest BCUT2D eigenvalue weighted by Gasteiger charge is -2.16. The molecule has 0 bridgehead atoms. The van der Waals surface area contributed by atoms with Crippen LogP contribution >= 0.6 is 0 Å². The maximum absolute atomic E-state index is 11.8. The minimum absolute atomic E-state index is 0.497. The van der Waals surface area contributed by atoms with Gasteiger partial charge in [-0.2, -0.15) is 0 Å². The number of hydrogen-bond acceptors (Lipinski definition) is 3. The van der Waals surface area contributed by atoms with Gasteiger partial charge in [-0.1, -0.05) is 0 Å². The molecule has 4 heteroatoms. The van der Waals surface area contributed by atoms with Crippen LogP contribution in [0.3, 0.4) is 0 Å². The van der Waals surface area contributed by atoms with Crippen LogP contribution in [0.2, 0.25) is 0 Å². The molecule has 0 spiro atoms. The van der Waals surface area contributed by atoms with Crippen molar-refractivity contribution >= 4 is 17.0 Å². The molecule has 2 heterocycles. The zero-order valence-electron chi connectivity index (χ0n) is 13.2. The quantitative estimate of drug-likeness (QED) is 0.631. The summed E-state index contributed by atoms with van der Waals surface area (Å²) in [6.07, 6.45) is 4.30. The van der Waals surface area contributed by atoms with Gasteiger partial charge in [0.2, 0.25) is 0 Å². The van der Waals surface area contributed by atoms with Crippen LogP contribution in [-0.4, -0.2) is 21.1 Å². The van der Waals surface area contributed by atoms with Crippen LogP contribution in [0.15, 0.2) is 24.4 Å². The molecule has 4 nitrogen and oxygen atoms in total. The topological polar surface area (TPSA) is 44.1 Å². The van der Waals surface area contributed by atoms with Gasteiger partial charge in [0.25, 0.3) is 0 Å². The van der Waals surface area contributed by atoms with Crippen LogP contribution < -0.4 is 0 Å². The molecule has 2 aromatic rings. The van der Waals surface area contributed by atoms with Crippen molar-refractivity contribution < 1.29 is 9.53 Å². The van der Waals surface area contributed by atoms with Crippen molar-refractivity contribution in [2.24, 2.45) is 5.92 Å². The highest BCUT2D eigenvalue weighted by Gasteiger charge is 2.23. The van der Waals surface area contributed by atoms with Crippen molar-refractivity contribution in [1.29, 1.82) is 0 Å². The van der Waals surface area contributed by atoms with Gasteiger partial charge >= 0.3 is 5.97 Å². The lowest BCUT2D eigenvalue weighted by atomic mass is 10.2. The van der Waals surface area contributed by atoms with E-state index in [1.165, 1.54) is 12.8 Å². The van der Waals surface area contributed by atoms with Crippen molar-refractivity contribution in [3.05, 3.63) is 30.1 Å². The molecule has 1 fully saturated rings. The van der Waals surface area contributed by atoms with Gasteiger partial charge in [-0.05, 0) is 63.7 Å². The van der Waals surface area contributed by atoms with E-state index in [4.69, 9.17) is 4.74 Å². The Morgan fingerprint density at radius 3 is 2.91 bits per heavy atom. The molecule has 1 aliphatic carbocycles. The lowest BCUT2D eigenvalue weighted by Crippen LogP contribution is -2.22. The van der Waals surface area contributed by atoms with E-state index < -0.39 is 11.6 Å². The highest BCUT2D eigenvalue weighted by molar-refractivity contribution is 5.90. The van der Waals surface area contributed by atoms with E-state index in [9.17, 15) is 4.79 Å². The van der Waals surface area contributed by atoms with Crippen LogP contribution in [0.4, 0.5) is 0 Å². The molecule has 0 saturated heterocycles. The van der Waals surface area contributed by atoms with E-state index in [1.807, 2.05) is 39.0 Å². The van der Waals surface area contributed by atoms with Crippen LogP contribution in [0.1, 0.15) is 39.3 Å². The summed E-state index contributed by atoms with van der Waals surface area (Å²) in [5.41, 5.74) is 1.24. The van der Waals surface area contributed by atoms with Gasteiger partial charge in [0, 0.05) is 24.0 Å². The van der Waals surface area contributed by atoms with Crippen molar-refractivity contribution in [3.8, 4) is 11.8 Å². The number of carbonyl (C=O) groups is 1. The number of pyridine rings is 1. The van der Waals surface area contributed by atoms with Crippen molar-refractivity contribution in [2.45, 2.75) is 45.8 Å². The Kier molecular flexibility index (Phi) is 3.66. The van der Waals surface area contributed by atoms with Crippen LogP contribution in [0.25, 0.3) is 11.0 Å². The molecule has 1 saturated carbocycles. The van der Waals surface area contributed by atoms with Crippen molar-refractivity contribution in [3.63, 3.8) is 0 Å². The first-order chi connectivity index (χ1) is 10.4. The molecule has 114 valence electrons. The maximum atomic E-state index is 11.8. The SMILES string of the molecule is CC(C)(C)OC(=O)C#Cc1cc2cccnc2n1CC1CC1. The normalized spacial score (nSPS) is 14.5. The van der Waals surface area contributed by atoms with Crippen molar-refractivity contribution in [1.82, 2.24) is 9.55 Å². The van der Waals surface area contributed by atoms with E-state index in [0.29, 0.717) is 5.92 Å². The Bertz CT molecular complexity index is 768. The predicted molar refractivity (Wildman–Crippen MR) is 85.2 cm³/mol. The molecule has 1 aliphatic rings. The minimum Gasteiger partial charge on any atom is -0.450 e. The zero-order valence-corrected chi connectivity index (χ0v) is 13.2. The van der Waals surface area contributed by atoms with Gasteiger partial charge in [-0.25, -0.2) is 9.78 Å². The average molecular weight is 296 g/mol. The number of fused-ring (bicyclic) bond motifs is 1. The fourth-order valence-electron chi connectivity index (χ4n) is 2.35. The molecular formula is C18H20N2O2. The number of aromatic nitrogens is 2. The Labute approximate surface area is 130 Å². The van der Waals surface area contributed by atoms with E-state index in [2.05, 4.69) is 21.4 Å². The number of carbonyl (C=O) groups excluding carboxylic acids is 1. The highest BCUT2D eigenvalue weighted by atomic mass is 16.6. The number of ether oxygens (including phenoxy) is 1. The van der Waals surface area contributed by atoms with Crippen LogP contribution in [0, 0.1) is 17.8 Å². The van der Waals surface area contributed by atoms with Gasteiger partial charge in [-0.15, -0.1) is 0 Å². The summed E-state index contributed by atoms with van der Waals surface area (Å²) < 4.78 is 7.34. The van der Waals surface area contributed by atoms with Crippen LogP contribution in [0.5, 0.6) is 0 Å². The third kappa shape index (κ3) is 3.48. The second-order valence-electron chi connectivity index (χ2n) is 6.75. The molecule has 0 unspecified atom stereocenters. The molecule has 0 N–H and O–H groups in total.